The summed E-state index contributed by atoms with van der Waals surface area (Å²) in [5.41, 5.74) is 1.41. The number of nitrogens with one attached hydrogen (secondary N) is 1. The number of nitrogens with zero attached hydrogens (tertiary/aromatic N) is 1. The first-order chi connectivity index (χ1) is 15.0. The Hall–Kier alpha value is -2.76. The smallest absolute Gasteiger partial charge is 0.253 e. The van der Waals surface area contributed by atoms with E-state index in [1.54, 1.807) is 17.0 Å². The molecule has 31 heavy (non-hydrogen) atoms. The van der Waals surface area contributed by atoms with Crippen LogP contribution in [0.3, 0.4) is 0 Å². The van der Waals surface area contributed by atoms with Crippen LogP contribution in [0.15, 0.2) is 48.5 Å². The van der Waals surface area contributed by atoms with Gasteiger partial charge in [-0.3, -0.25) is 9.59 Å². The summed E-state index contributed by atoms with van der Waals surface area (Å²) in [5, 5.41) is 3.24. The van der Waals surface area contributed by atoms with E-state index in [0.717, 1.165) is 31.2 Å². The first kappa shape index (κ1) is 21.5. The van der Waals surface area contributed by atoms with Crippen molar-refractivity contribution in [2.24, 2.45) is 11.8 Å². The Kier molecular flexibility index (Phi) is 6.64. The van der Waals surface area contributed by atoms with Crippen molar-refractivity contribution in [3.63, 3.8) is 0 Å². The summed E-state index contributed by atoms with van der Waals surface area (Å²) >= 11 is 0. The largest absolute Gasteiger partial charge is 0.349 e. The standard InChI is InChI=1S/C25H28F2N2O2/c26-21-9-5-18(6-10-21)23(17-3-1-2-4-17)28-24(30)19-13-15-29(16-14-19)25(31)20-7-11-22(27)12-8-20/h5-12,17,19,23H,1-4,13-16H2,(H,28,30)/t23-/m0/s1. The van der Waals surface area contributed by atoms with Gasteiger partial charge in [-0.05, 0) is 73.6 Å². The maximum atomic E-state index is 13.4. The molecule has 2 aliphatic rings. The molecule has 0 aromatic heterocycles. The number of piperidine rings is 1. The van der Waals surface area contributed by atoms with Crippen LogP contribution >= 0.6 is 0 Å². The van der Waals surface area contributed by atoms with Crippen LogP contribution in [0.1, 0.15) is 60.5 Å². The van der Waals surface area contributed by atoms with E-state index < -0.39 is 0 Å². The summed E-state index contributed by atoms with van der Waals surface area (Å²) in [5.74, 6) is -0.552. The number of hydrogen-bond donors (Lipinski definition) is 1. The molecule has 1 atom stereocenters. The molecule has 4 rings (SSSR count). The Labute approximate surface area is 181 Å². The Morgan fingerprint density at radius 2 is 1.39 bits per heavy atom. The Morgan fingerprint density at radius 1 is 0.839 bits per heavy atom. The predicted molar refractivity (Wildman–Crippen MR) is 114 cm³/mol. The maximum absolute atomic E-state index is 13.4. The molecule has 1 heterocycles. The van der Waals surface area contributed by atoms with Crippen molar-refractivity contribution in [3.05, 3.63) is 71.3 Å². The van der Waals surface area contributed by atoms with Gasteiger partial charge >= 0.3 is 0 Å². The topological polar surface area (TPSA) is 49.4 Å². The van der Waals surface area contributed by atoms with Gasteiger partial charge in [-0.25, -0.2) is 8.78 Å². The first-order valence-electron chi connectivity index (χ1n) is 11.1. The highest BCUT2D eigenvalue weighted by molar-refractivity contribution is 5.94. The van der Waals surface area contributed by atoms with Gasteiger partial charge < -0.3 is 10.2 Å². The molecule has 0 bridgehead atoms. The average Bonchev–Trinajstić information content (AvgIpc) is 3.33. The summed E-state index contributed by atoms with van der Waals surface area (Å²) < 4.78 is 26.5. The second-order valence-corrected chi connectivity index (χ2v) is 8.66. The highest BCUT2D eigenvalue weighted by Gasteiger charge is 2.32. The van der Waals surface area contributed by atoms with E-state index in [1.807, 2.05) is 0 Å². The summed E-state index contributed by atoms with van der Waals surface area (Å²) in [7, 11) is 0. The van der Waals surface area contributed by atoms with Crippen LogP contribution in [0.2, 0.25) is 0 Å². The molecule has 2 aromatic carbocycles. The van der Waals surface area contributed by atoms with Crippen molar-refractivity contribution in [2.75, 3.05) is 13.1 Å². The van der Waals surface area contributed by atoms with E-state index in [-0.39, 0.29) is 35.4 Å². The molecule has 1 saturated heterocycles. The van der Waals surface area contributed by atoms with Crippen molar-refractivity contribution in [1.29, 1.82) is 0 Å². The van der Waals surface area contributed by atoms with E-state index in [1.165, 1.54) is 36.4 Å². The molecule has 2 aromatic rings. The minimum absolute atomic E-state index is 0.00936. The molecular formula is C25H28F2N2O2. The fraction of sp³-hybridized carbons (Fsp3) is 0.440. The fourth-order valence-electron chi connectivity index (χ4n) is 4.83. The van der Waals surface area contributed by atoms with E-state index in [4.69, 9.17) is 0 Å². The number of rotatable bonds is 5. The molecule has 1 saturated carbocycles. The van der Waals surface area contributed by atoms with Gasteiger partial charge in [-0.2, -0.15) is 0 Å². The summed E-state index contributed by atoms with van der Waals surface area (Å²) in [6, 6.07) is 11.9. The van der Waals surface area contributed by atoms with Gasteiger partial charge in [0, 0.05) is 24.6 Å². The highest BCUT2D eigenvalue weighted by Crippen LogP contribution is 2.36. The second-order valence-electron chi connectivity index (χ2n) is 8.66. The van der Waals surface area contributed by atoms with Gasteiger partial charge in [0.15, 0.2) is 0 Å². The van der Waals surface area contributed by atoms with Crippen LogP contribution < -0.4 is 5.32 Å². The van der Waals surface area contributed by atoms with Crippen LogP contribution in [0, 0.1) is 23.5 Å². The summed E-state index contributed by atoms with van der Waals surface area (Å²) in [4.78, 5) is 27.4. The van der Waals surface area contributed by atoms with E-state index in [9.17, 15) is 18.4 Å². The molecule has 0 unspecified atom stereocenters. The molecule has 6 heteroatoms. The number of likely N-dealkylation sites (tertiary alicyclic amines) is 1. The van der Waals surface area contributed by atoms with Gasteiger partial charge in [0.2, 0.25) is 5.91 Å². The third-order valence-electron chi connectivity index (χ3n) is 6.64. The predicted octanol–water partition coefficient (Wildman–Crippen LogP) is 4.86. The van der Waals surface area contributed by atoms with Crippen molar-refractivity contribution in [1.82, 2.24) is 10.2 Å². The zero-order valence-corrected chi connectivity index (χ0v) is 17.5. The molecule has 0 spiro atoms. The number of carbonyl (C=O) groups excluding carboxylic acids is 2. The quantitative estimate of drug-likeness (QED) is 0.742. The Bertz CT molecular complexity index is 900. The van der Waals surface area contributed by atoms with Gasteiger partial charge in [0.1, 0.15) is 11.6 Å². The van der Waals surface area contributed by atoms with Gasteiger partial charge in [-0.15, -0.1) is 0 Å². The summed E-state index contributed by atoms with van der Waals surface area (Å²) in [6.07, 6.45) is 5.63. The van der Waals surface area contributed by atoms with Gasteiger partial charge in [-0.1, -0.05) is 25.0 Å². The molecular weight excluding hydrogens is 398 g/mol. The lowest BCUT2D eigenvalue weighted by atomic mass is 9.89. The molecule has 1 N–H and O–H groups in total. The number of carbonyl (C=O) groups is 2. The highest BCUT2D eigenvalue weighted by atomic mass is 19.1. The number of hydrogen-bond acceptors (Lipinski definition) is 2. The number of halogens is 2. The van der Waals surface area contributed by atoms with Crippen LogP contribution in [-0.2, 0) is 4.79 Å². The third-order valence-corrected chi connectivity index (χ3v) is 6.64. The molecule has 4 nitrogen and oxygen atoms in total. The monoisotopic (exact) mass is 426 g/mol. The molecule has 2 fully saturated rings. The van der Waals surface area contributed by atoms with Crippen molar-refractivity contribution < 1.29 is 18.4 Å². The van der Waals surface area contributed by atoms with Crippen LogP contribution in [-0.4, -0.2) is 29.8 Å². The van der Waals surface area contributed by atoms with Gasteiger partial charge in [0.05, 0.1) is 6.04 Å². The minimum Gasteiger partial charge on any atom is -0.349 e. The number of amides is 2. The molecule has 2 amide bonds. The van der Waals surface area contributed by atoms with Crippen LogP contribution in [0.5, 0.6) is 0 Å². The third kappa shape index (κ3) is 5.12. The van der Waals surface area contributed by atoms with Crippen molar-refractivity contribution >= 4 is 11.8 Å². The fourth-order valence-corrected chi connectivity index (χ4v) is 4.83. The van der Waals surface area contributed by atoms with Crippen LogP contribution in [0.4, 0.5) is 8.78 Å². The number of benzene rings is 2. The summed E-state index contributed by atoms with van der Waals surface area (Å²) in [6.45, 7) is 0.998. The molecule has 0 radical (unpaired) electrons. The molecule has 1 aliphatic heterocycles. The van der Waals surface area contributed by atoms with E-state index in [0.29, 0.717) is 37.4 Å². The second kappa shape index (κ2) is 9.58. The SMILES string of the molecule is O=C(N[C@H](c1ccc(F)cc1)C1CCCC1)C1CCN(C(=O)c2ccc(F)cc2)CC1. The Balaban J connectivity index is 1.37. The van der Waals surface area contributed by atoms with E-state index >= 15 is 0 Å². The van der Waals surface area contributed by atoms with Gasteiger partial charge in [0.25, 0.3) is 5.91 Å². The Morgan fingerprint density at radius 3 is 1.97 bits per heavy atom. The lowest BCUT2D eigenvalue weighted by Crippen LogP contribution is -2.44. The van der Waals surface area contributed by atoms with Crippen molar-refractivity contribution in [3.8, 4) is 0 Å². The lowest BCUT2D eigenvalue weighted by molar-refractivity contribution is -0.127. The normalized spacial score (nSPS) is 18.7. The van der Waals surface area contributed by atoms with Crippen LogP contribution in [0.25, 0.3) is 0 Å². The molecule has 164 valence electrons. The zero-order chi connectivity index (χ0) is 21.8. The maximum Gasteiger partial charge on any atom is 0.253 e. The van der Waals surface area contributed by atoms with Crippen molar-refractivity contribution in [2.45, 2.75) is 44.6 Å². The average molecular weight is 427 g/mol. The van der Waals surface area contributed by atoms with E-state index in [2.05, 4.69) is 5.32 Å². The minimum atomic E-state index is -0.370. The zero-order valence-electron chi connectivity index (χ0n) is 17.5. The molecule has 1 aliphatic carbocycles. The first-order valence-corrected chi connectivity index (χ1v) is 11.1. The lowest BCUT2D eigenvalue weighted by Gasteiger charge is -2.33.